The molecule has 12 aromatic rings. The Bertz CT molecular complexity index is 6110. The third-order valence-electron chi connectivity index (χ3n) is 18.7. The second-order valence-electron chi connectivity index (χ2n) is 31.6. The van der Waals surface area contributed by atoms with Gasteiger partial charge < -0.3 is 75.4 Å². The van der Waals surface area contributed by atoms with E-state index < -0.39 is 130 Å². The lowest BCUT2D eigenvalue weighted by molar-refractivity contribution is -0.141. The van der Waals surface area contributed by atoms with Gasteiger partial charge in [-0.1, -0.05) is 59.7 Å². The highest BCUT2D eigenvalue weighted by Crippen LogP contribution is 2.44. The zero-order valence-electron chi connectivity index (χ0n) is 72.0. The molecule has 12 rings (SSSR count). The van der Waals surface area contributed by atoms with Crippen molar-refractivity contribution in [1.29, 1.82) is 0 Å². The van der Waals surface area contributed by atoms with Gasteiger partial charge in [0.1, 0.15) is 97.0 Å². The summed E-state index contributed by atoms with van der Waals surface area (Å²) in [6.45, 7) is 20.2. The number of rotatable bonds is 22. The van der Waals surface area contributed by atoms with Gasteiger partial charge >= 0.3 is 30.7 Å². The van der Waals surface area contributed by atoms with Crippen LogP contribution in [0.2, 0.25) is 0 Å². The first-order chi connectivity index (χ1) is 60.2. The number of hydrogen-bond acceptors (Lipinski definition) is 21. The molecule has 5 amide bonds. The van der Waals surface area contributed by atoms with Crippen LogP contribution in [0.4, 0.5) is 75.4 Å². The van der Waals surface area contributed by atoms with Gasteiger partial charge in [0.05, 0.1) is 39.5 Å². The molecular weight excluding hydrogens is 1770 g/mol. The Morgan fingerprint density at radius 2 is 0.708 bits per heavy atom. The Balaban J connectivity index is 0.000000228. The third-order valence-corrected chi connectivity index (χ3v) is 18.7. The molecule has 0 aliphatic rings. The number of carbonyl (C=O) groups excluding carboxylic acids is 5. The van der Waals surface area contributed by atoms with Crippen molar-refractivity contribution in [3.8, 4) is 51.6 Å². The summed E-state index contributed by atoms with van der Waals surface area (Å²) in [6.07, 6.45) is -15.6. The van der Waals surface area contributed by atoms with Crippen molar-refractivity contribution in [3.05, 3.63) is 230 Å². The minimum absolute atomic E-state index is 0. The number of nitrogens with one attached hydrogen (secondary N) is 4. The molecule has 0 radical (unpaired) electrons. The lowest BCUT2D eigenvalue weighted by Crippen LogP contribution is -2.37. The van der Waals surface area contributed by atoms with Gasteiger partial charge in [0.15, 0.2) is 34.4 Å². The minimum Gasteiger partial charge on any atom is -0.494 e. The summed E-state index contributed by atoms with van der Waals surface area (Å²) in [7, 11) is 3.88. The molecule has 10 N–H and O–H groups in total. The van der Waals surface area contributed by atoms with E-state index in [-0.39, 0.29) is 180 Å². The van der Waals surface area contributed by atoms with Crippen LogP contribution in [0, 0.1) is 52.7 Å². The highest BCUT2D eigenvalue weighted by Gasteiger charge is 2.40. The van der Waals surface area contributed by atoms with Crippen molar-refractivity contribution in [2.24, 2.45) is 35.0 Å². The van der Waals surface area contributed by atoms with Gasteiger partial charge in [-0.25, -0.2) is 65.8 Å². The first-order valence-electron chi connectivity index (χ1n) is 39.1. The van der Waals surface area contributed by atoms with Crippen molar-refractivity contribution < 1.29 is 127 Å². The molecule has 42 heteroatoms. The molecule has 130 heavy (non-hydrogen) atoms. The number of primary amides is 1. The number of ether oxygens (including phenoxy) is 5. The Labute approximate surface area is 738 Å². The summed E-state index contributed by atoms with van der Waals surface area (Å²) in [6, 6.07) is 21.4. The monoisotopic (exact) mass is 1860 g/mol. The number of pyridine rings is 3. The molecule has 0 saturated carbocycles. The molecule has 26 nitrogen and oxygen atoms in total. The van der Waals surface area contributed by atoms with Gasteiger partial charge in [-0.2, -0.15) is 39.5 Å². The van der Waals surface area contributed by atoms with Crippen molar-refractivity contribution in [3.63, 3.8) is 0 Å². The van der Waals surface area contributed by atoms with E-state index in [1.165, 1.54) is 100 Å². The van der Waals surface area contributed by atoms with Crippen LogP contribution in [0.25, 0.3) is 67.1 Å². The number of amides is 5. The second kappa shape index (κ2) is 41.8. The van der Waals surface area contributed by atoms with Crippen molar-refractivity contribution >= 4 is 75.0 Å². The molecule has 0 aliphatic carbocycles. The molecule has 0 fully saturated rings. The number of halogens is 16. The number of methoxy groups -OCH3 is 3. The van der Waals surface area contributed by atoms with E-state index in [0.717, 1.165) is 36.4 Å². The van der Waals surface area contributed by atoms with Crippen LogP contribution in [-0.4, -0.2) is 92.3 Å². The average molecular weight is 1860 g/mol. The molecule has 0 spiro atoms. The number of alkyl carbamates (subject to hydrolysis) is 2. The van der Waals surface area contributed by atoms with E-state index in [9.17, 15) is 89.8 Å². The predicted octanol–water partition coefficient (Wildman–Crippen LogP) is 20.2. The van der Waals surface area contributed by atoms with Gasteiger partial charge in [0.25, 0.3) is 17.7 Å². The molecule has 6 aromatic heterocycles. The fourth-order valence-electron chi connectivity index (χ4n) is 12.4. The molecule has 0 aliphatic heterocycles. The van der Waals surface area contributed by atoms with E-state index in [1.807, 2.05) is 0 Å². The number of fused-ring (bicyclic) bond motifs is 3. The number of carbonyl (C=O) groups is 5. The fourth-order valence-corrected chi connectivity index (χ4v) is 12.4. The van der Waals surface area contributed by atoms with Crippen molar-refractivity contribution in [2.75, 3.05) is 21.3 Å². The maximum atomic E-state index is 14.3. The molecule has 696 valence electrons. The molecule has 3 atom stereocenters. The van der Waals surface area contributed by atoms with Gasteiger partial charge in [0, 0.05) is 87.4 Å². The summed E-state index contributed by atoms with van der Waals surface area (Å²) in [5.41, 5.74) is 12.1. The number of nitrogens with zero attached hydrogens (tertiary/aromatic N) is 6. The molecular formula is C88H89ClF15N13O13. The minimum atomic E-state index is -4.72. The Morgan fingerprint density at radius 1 is 0.408 bits per heavy atom. The zero-order chi connectivity index (χ0) is 95.6. The summed E-state index contributed by atoms with van der Waals surface area (Å²) >= 11 is 0. The van der Waals surface area contributed by atoms with Crippen LogP contribution in [-0.2, 0) is 47.6 Å². The number of nitrogens with two attached hydrogens (primary N) is 3. The number of aromatic nitrogens is 6. The predicted molar refractivity (Wildman–Crippen MR) is 447 cm³/mol. The summed E-state index contributed by atoms with van der Waals surface area (Å²) in [5.74, 6) is -7.87. The van der Waals surface area contributed by atoms with Crippen molar-refractivity contribution in [1.82, 2.24) is 51.2 Å². The zero-order valence-corrected chi connectivity index (χ0v) is 72.8. The lowest BCUT2D eigenvalue weighted by Gasteiger charge is -2.25. The molecule has 6 aromatic carbocycles. The first kappa shape index (κ1) is 102. The molecule has 0 bridgehead atoms. The topological polar surface area (TPSA) is 374 Å². The number of benzene rings is 6. The van der Waals surface area contributed by atoms with E-state index in [4.69, 9.17) is 54.1 Å². The van der Waals surface area contributed by atoms with Gasteiger partial charge in [0.2, 0.25) is 17.7 Å². The standard InChI is InChI=1S/C31H31F5N4O5.C26H23F5N4O3.C24H27F3N4O5.C7H7F2N.ClH/c1-15(2)23(40-29(42)45-30(3,4)5)26-25(27(41)37-14-16-7-8-17(32)13-20(16)33)39-28(44-26)19-9-11-21(43-6)24-18(19)10-12-22(38-24)31(34,35)36;1-12(2)20(32)23-22(24(36)33-11-13-4-5-14(27)10-17(13)28)35-25(38-23)16-6-8-18(37-3)21-15(16)7-9-19(34-21)26(29,30)31;1-11(2)16(31-22(33)36-23(3,4)5)19-18(20(28)32)30-21(35-19)13-7-9-14(34-6)17-12(13)8-10-15(29-17)24(25,26)27;8-6-2-1-5(4-10)7(9)3-6;/h7-13,15,23H,14H2,1-6H3,(H,37,41)(H,40,42);4-10,12,20H,11,32H2,1-3H3,(H,33,36);7-11,16H,1-6H3,(H2,28,32)(H,31,33);1-3H,4,10H2;1H/t23-;20-;16-;;/m000../s1. The number of oxazole rings is 3. The van der Waals surface area contributed by atoms with Crippen LogP contribution < -0.4 is 52.7 Å². The normalized spacial score (nSPS) is 12.5. The average Bonchev–Trinajstić information content (AvgIpc) is 1.42. The van der Waals surface area contributed by atoms with Crippen LogP contribution in [0.1, 0.15) is 184 Å². The largest absolute Gasteiger partial charge is 0.494 e. The molecule has 0 unspecified atom stereocenters. The maximum Gasteiger partial charge on any atom is 0.433 e. The van der Waals surface area contributed by atoms with Crippen LogP contribution >= 0.6 is 12.4 Å². The van der Waals surface area contributed by atoms with Crippen LogP contribution in [0.3, 0.4) is 0 Å². The summed E-state index contributed by atoms with van der Waals surface area (Å²) in [5, 5.41) is 11.1. The first-order valence-corrected chi connectivity index (χ1v) is 39.1. The van der Waals surface area contributed by atoms with Gasteiger partial charge in [-0.3, -0.25) is 14.4 Å². The third kappa shape index (κ3) is 25.4. The number of alkyl halides is 9. The Morgan fingerprint density at radius 3 is 0.985 bits per heavy atom. The quantitative estimate of drug-likeness (QED) is 0.0310. The fraction of sp³-hybridized carbons (Fsp3) is 0.330. The lowest BCUT2D eigenvalue weighted by atomic mass is 10.00. The Kier molecular flexibility index (Phi) is 32.9. The highest BCUT2D eigenvalue weighted by atomic mass is 35.5. The second-order valence-corrected chi connectivity index (χ2v) is 31.6. The van der Waals surface area contributed by atoms with Crippen molar-refractivity contribution in [2.45, 2.75) is 151 Å². The smallest absolute Gasteiger partial charge is 0.433 e. The van der Waals surface area contributed by atoms with Crippen LogP contribution in [0.15, 0.2) is 141 Å². The Hall–Kier alpha value is -13.3. The summed E-state index contributed by atoms with van der Waals surface area (Å²) in [4.78, 5) is 88.1. The molecule has 6 heterocycles. The van der Waals surface area contributed by atoms with Crippen LogP contribution in [0.5, 0.6) is 17.2 Å². The van der Waals surface area contributed by atoms with Gasteiger partial charge in [-0.05, 0) is 150 Å². The van der Waals surface area contributed by atoms with E-state index >= 15 is 0 Å². The number of hydrogen-bond donors (Lipinski definition) is 7. The van der Waals surface area contributed by atoms with E-state index in [2.05, 4.69) is 51.2 Å². The highest BCUT2D eigenvalue weighted by molar-refractivity contribution is 6.01. The van der Waals surface area contributed by atoms with Gasteiger partial charge in [-0.15, -0.1) is 12.4 Å². The molecule has 0 saturated heterocycles. The summed E-state index contributed by atoms with van der Waals surface area (Å²) < 4.78 is 244. The van der Waals surface area contributed by atoms with E-state index in [0.29, 0.717) is 17.7 Å². The van der Waals surface area contributed by atoms with E-state index in [1.54, 1.807) is 83.1 Å². The SMILES string of the molecule is COc1ccc(-c2nc(C(=O)NCc3ccc(F)cc3F)c([C@@H](N)C(C)C)o2)c2ccc(C(F)(F)F)nc12.COc1ccc(-c2nc(C(=O)NCc3ccc(F)cc3F)c([C@@H](NC(=O)OC(C)(C)C)C(C)C)o2)c2ccc(C(F)(F)F)nc12.COc1ccc(-c2nc(C(N)=O)c([C@@H](NC(=O)OC(C)(C)C)C(C)C)o2)c2ccc(C(F)(F)F)nc12.Cl.NCc1ccc(F)cc1F. The maximum absolute atomic E-state index is 14.3.